The molecular weight excluding hydrogens is 176 g/mol. The summed E-state index contributed by atoms with van der Waals surface area (Å²) in [4.78, 5) is 0. The Kier molecular flexibility index (Phi) is 3.92. The van der Waals surface area contributed by atoms with Crippen LogP contribution in [0.4, 0.5) is 0 Å². The number of hydrazine groups is 1. The van der Waals surface area contributed by atoms with Crippen LogP contribution in [-0.2, 0) is 0 Å². The van der Waals surface area contributed by atoms with E-state index in [-0.39, 0.29) is 6.10 Å². The van der Waals surface area contributed by atoms with Crippen molar-refractivity contribution in [2.75, 3.05) is 6.54 Å². The lowest BCUT2D eigenvalue weighted by Gasteiger charge is -2.16. The number of nitrogens with one attached hydrogen (secondary N) is 1. The summed E-state index contributed by atoms with van der Waals surface area (Å²) in [6.45, 7) is 6.75. The van der Waals surface area contributed by atoms with Gasteiger partial charge in [-0.05, 0) is 32.4 Å². The molecule has 14 heavy (non-hydrogen) atoms. The first-order chi connectivity index (χ1) is 6.63. The molecule has 3 nitrogen and oxygen atoms in total. The van der Waals surface area contributed by atoms with E-state index in [4.69, 9.17) is 10.6 Å². The molecule has 0 aliphatic heterocycles. The van der Waals surface area contributed by atoms with E-state index < -0.39 is 0 Å². The second-order valence-corrected chi connectivity index (χ2v) is 3.61. The lowest BCUT2D eigenvalue weighted by molar-refractivity contribution is 0.216. The van der Waals surface area contributed by atoms with E-state index in [9.17, 15) is 0 Å². The molecule has 3 N–H and O–H groups in total. The van der Waals surface area contributed by atoms with Crippen molar-refractivity contribution in [3.05, 3.63) is 29.3 Å². The van der Waals surface area contributed by atoms with E-state index in [1.807, 2.05) is 26.0 Å². The van der Waals surface area contributed by atoms with Crippen molar-refractivity contribution in [3.63, 3.8) is 0 Å². The number of hydrogen-bond acceptors (Lipinski definition) is 3. The van der Waals surface area contributed by atoms with Gasteiger partial charge in [0.05, 0.1) is 0 Å². The Balaban J connectivity index is 2.67. The summed E-state index contributed by atoms with van der Waals surface area (Å²) in [7, 11) is 0. The second kappa shape index (κ2) is 4.98. The highest BCUT2D eigenvalue weighted by atomic mass is 16.5. The molecule has 1 rings (SSSR count). The van der Waals surface area contributed by atoms with Crippen molar-refractivity contribution in [2.45, 2.75) is 26.9 Å². The van der Waals surface area contributed by atoms with Crippen molar-refractivity contribution in [2.24, 2.45) is 5.84 Å². The van der Waals surface area contributed by atoms with Gasteiger partial charge in [0.2, 0.25) is 0 Å². The quantitative estimate of drug-likeness (QED) is 0.564. The maximum atomic E-state index is 5.70. The molecule has 1 aromatic carbocycles. The molecule has 1 unspecified atom stereocenters. The second-order valence-electron chi connectivity index (χ2n) is 3.61. The molecule has 0 spiro atoms. The van der Waals surface area contributed by atoms with Crippen LogP contribution in [0.15, 0.2) is 18.2 Å². The van der Waals surface area contributed by atoms with Gasteiger partial charge in [-0.1, -0.05) is 17.7 Å². The summed E-state index contributed by atoms with van der Waals surface area (Å²) in [5.74, 6) is 6.14. The summed E-state index contributed by atoms with van der Waals surface area (Å²) in [5.41, 5.74) is 5.00. The Bertz CT molecular complexity index is 299. The summed E-state index contributed by atoms with van der Waals surface area (Å²) in [6, 6.07) is 6.15. The normalized spacial score (nSPS) is 12.6. The Morgan fingerprint density at radius 2 is 2.14 bits per heavy atom. The standard InChI is InChI=1S/C11H18N2O/c1-8-4-5-11(9(2)6-8)14-10(3)7-13-12/h4-6,10,13H,7,12H2,1-3H3. The Hall–Kier alpha value is -1.06. The van der Waals surface area contributed by atoms with E-state index >= 15 is 0 Å². The predicted octanol–water partition coefficient (Wildman–Crippen LogP) is 1.53. The van der Waals surface area contributed by atoms with Crippen LogP contribution < -0.4 is 16.0 Å². The van der Waals surface area contributed by atoms with Gasteiger partial charge in [-0.2, -0.15) is 0 Å². The predicted molar refractivity (Wildman–Crippen MR) is 58.2 cm³/mol. The van der Waals surface area contributed by atoms with Crippen LogP contribution in [0.3, 0.4) is 0 Å². The van der Waals surface area contributed by atoms with Gasteiger partial charge in [0.15, 0.2) is 0 Å². The van der Waals surface area contributed by atoms with Gasteiger partial charge < -0.3 is 4.74 Å². The summed E-state index contributed by atoms with van der Waals surface area (Å²) >= 11 is 0. The van der Waals surface area contributed by atoms with Crippen LogP contribution >= 0.6 is 0 Å². The van der Waals surface area contributed by atoms with Crippen molar-refractivity contribution >= 4 is 0 Å². The molecule has 78 valence electrons. The van der Waals surface area contributed by atoms with Crippen molar-refractivity contribution in [3.8, 4) is 5.75 Å². The van der Waals surface area contributed by atoms with Gasteiger partial charge >= 0.3 is 0 Å². The fourth-order valence-electron chi connectivity index (χ4n) is 1.36. The van der Waals surface area contributed by atoms with Crippen LogP contribution in [0.2, 0.25) is 0 Å². The molecule has 0 saturated heterocycles. The maximum Gasteiger partial charge on any atom is 0.122 e. The molecule has 0 aromatic heterocycles. The van der Waals surface area contributed by atoms with Crippen LogP contribution in [-0.4, -0.2) is 12.6 Å². The maximum absolute atomic E-state index is 5.70. The van der Waals surface area contributed by atoms with Gasteiger partial charge in [-0.15, -0.1) is 0 Å². The first-order valence-electron chi connectivity index (χ1n) is 4.81. The Morgan fingerprint density at radius 3 is 2.71 bits per heavy atom. The number of rotatable bonds is 4. The first kappa shape index (κ1) is 11.0. The van der Waals surface area contributed by atoms with E-state index in [1.165, 1.54) is 5.56 Å². The lowest BCUT2D eigenvalue weighted by atomic mass is 10.1. The number of benzene rings is 1. The molecule has 1 atom stereocenters. The summed E-state index contributed by atoms with van der Waals surface area (Å²) in [5, 5.41) is 0. The monoisotopic (exact) mass is 194 g/mol. The minimum absolute atomic E-state index is 0.0846. The summed E-state index contributed by atoms with van der Waals surface area (Å²) in [6.07, 6.45) is 0.0846. The zero-order valence-electron chi connectivity index (χ0n) is 9.00. The summed E-state index contributed by atoms with van der Waals surface area (Å²) < 4.78 is 5.70. The van der Waals surface area contributed by atoms with E-state index in [0.717, 1.165) is 11.3 Å². The molecule has 0 fully saturated rings. The largest absolute Gasteiger partial charge is 0.489 e. The van der Waals surface area contributed by atoms with Gasteiger partial charge in [-0.25, -0.2) is 0 Å². The van der Waals surface area contributed by atoms with Crippen molar-refractivity contribution in [1.29, 1.82) is 0 Å². The van der Waals surface area contributed by atoms with Crippen LogP contribution in [0.5, 0.6) is 5.75 Å². The number of hydrogen-bond donors (Lipinski definition) is 2. The fraction of sp³-hybridized carbons (Fsp3) is 0.455. The molecule has 0 bridgehead atoms. The van der Waals surface area contributed by atoms with Gasteiger partial charge in [0, 0.05) is 6.54 Å². The van der Waals surface area contributed by atoms with E-state index in [0.29, 0.717) is 6.54 Å². The third-order valence-electron chi connectivity index (χ3n) is 2.06. The number of ether oxygens (including phenoxy) is 1. The fourth-order valence-corrected chi connectivity index (χ4v) is 1.36. The number of aryl methyl sites for hydroxylation is 2. The molecule has 0 aliphatic carbocycles. The van der Waals surface area contributed by atoms with Crippen molar-refractivity contribution < 1.29 is 4.74 Å². The lowest BCUT2D eigenvalue weighted by Crippen LogP contribution is -2.33. The molecule has 1 aromatic rings. The highest BCUT2D eigenvalue weighted by Gasteiger charge is 2.04. The van der Waals surface area contributed by atoms with Crippen LogP contribution in [0, 0.1) is 13.8 Å². The molecule has 0 radical (unpaired) electrons. The number of nitrogens with two attached hydrogens (primary N) is 1. The Morgan fingerprint density at radius 1 is 1.43 bits per heavy atom. The highest BCUT2D eigenvalue weighted by Crippen LogP contribution is 2.19. The third kappa shape index (κ3) is 3.01. The van der Waals surface area contributed by atoms with E-state index in [1.54, 1.807) is 0 Å². The minimum atomic E-state index is 0.0846. The Labute approximate surface area is 85.2 Å². The highest BCUT2D eigenvalue weighted by molar-refractivity contribution is 5.35. The average Bonchev–Trinajstić information content (AvgIpc) is 2.10. The van der Waals surface area contributed by atoms with Gasteiger partial charge in [0.1, 0.15) is 11.9 Å². The minimum Gasteiger partial charge on any atom is -0.489 e. The van der Waals surface area contributed by atoms with Crippen molar-refractivity contribution in [1.82, 2.24) is 5.43 Å². The SMILES string of the molecule is Cc1ccc(OC(C)CNN)c(C)c1. The van der Waals surface area contributed by atoms with E-state index in [2.05, 4.69) is 18.4 Å². The zero-order chi connectivity index (χ0) is 10.6. The molecule has 0 amide bonds. The molecule has 0 saturated carbocycles. The third-order valence-corrected chi connectivity index (χ3v) is 2.06. The molecule has 0 aliphatic rings. The molecular formula is C11H18N2O. The zero-order valence-corrected chi connectivity index (χ0v) is 9.00. The average molecular weight is 194 g/mol. The van der Waals surface area contributed by atoms with Crippen LogP contribution in [0.1, 0.15) is 18.1 Å². The smallest absolute Gasteiger partial charge is 0.122 e. The van der Waals surface area contributed by atoms with Gasteiger partial charge in [-0.3, -0.25) is 11.3 Å². The molecule has 0 heterocycles. The van der Waals surface area contributed by atoms with Crippen LogP contribution in [0.25, 0.3) is 0 Å². The topological polar surface area (TPSA) is 47.3 Å². The first-order valence-corrected chi connectivity index (χ1v) is 4.81. The molecule has 3 heteroatoms. The van der Waals surface area contributed by atoms with Gasteiger partial charge in [0.25, 0.3) is 0 Å².